The van der Waals surface area contributed by atoms with Crippen LogP contribution in [0, 0.1) is 0 Å². The number of hydrogen-bond acceptors (Lipinski definition) is 3. The third-order valence-electron chi connectivity index (χ3n) is 1.94. The molecule has 3 nitrogen and oxygen atoms in total. The maximum atomic E-state index is 11.2. The largest absolute Gasteiger partial charge is 0.464 e. The van der Waals surface area contributed by atoms with E-state index in [0.717, 1.165) is 6.42 Å². The summed E-state index contributed by atoms with van der Waals surface area (Å²) in [6, 6.07) is 10.00. The number of benzene rings is 1. The summed E-state index contributed by atoms with van der Waals surface area (Å²) in [7, 11) is 3.69. The van der Waals surface area contributed by atoms with Gasteiger partial charge < -0.3 is 4.74 Å². The van der Waals surface area contributed by atoms with Crippen molar-refractivity contribution in [3.8, 4) is 0 Å². The highest BCUT2D eigenvalue weighted by molar-refractivity contribution is 5.71. The van der Waals surface area contributed by atoms with Crippen molar-refractivity contribution in [2.45, 2.75) is 6.42 Å². The topological polar surface area (TPSA) is 29.5 Å². The number of ether oxygens (including phenoxy) is 1. The summed E-state index contributed by atoms with van der Waals surface area (Å²) in [5.74, 6) is -0.170. The SMILES string of the molecule is CN(C)CC(=O)OCCc1ccccc1. The molecule has 0 aliphatic carbocycles. The van der Waals surface area contributed by atoms with E-state index in [1.807, 2.05) is 44.4 Å². The van der Waals surface area contributed by atoms with Gasteiger partial charge in [-0.25, -0.2) is 0 Å². The third-order valence-corrected chi connectivity index (χ3v) is 1.94. The molecule has 15 heavy (non-hydrogen) atoms. The Morgan fingerprint density at radius 3 is 2.53 bits per heavy atom. The van der Waals surface area contributed by atoms with Crippen LogP contribution in [0.25, 0.3) is 0 Å². The first kappa shape index (κ1) is 11.7. The number of carbonyl (C=O) groups excluding carboxylic acids is 1. The molecule has 0 N–H and O–H groups in total. The molecule has 82 valence electrons. The van der Waals surface area contributed by atoms with E-state index in [1.54, 1.807) is 4.90 Å². The maximum absolute atomic E-state index is 11.2. The molecule has 0 saturated heterocycles. The fourth-order valence-electron chi connectivity index (χ4n) is 1.23. The Morgan fingerprint density at radius 1 is 1.27 bits per heavy atom. The average Bonchev–Trinajstić information content (AvgIpc) is 2.18. The Balaban J connectivity index is 2.19. The Kier molecular flexibility index (Phi) is 4.84. The fraction of sp³-hybridized carbons (Fsp3) is 0.417. The van der Waals surface area contributed by atoms with E-state index in [4.69, 9.17) is 4.74 Å². The van der Waals surface area contributed by atoms with Crippen LogP contribution in [0.2, 0.25) is 0 Å². The number of likely N-dealkylation sites (N-methyl/N-ethyl adjacent to an activating group) is 1. The van der Waals surface area contributed by atoms with Gasteiger partial charge in [-0.3, -0.25) is 9.69 Å². The number of hydrogen-bond donors (Lipinski definition) is 0. The predicted octanol–water partition coefficient (Wildman–Crippen LogP) is 1.33. The van der Waals surface area contributed by atoms with E-state index < -0.39 is 0 Å². The molecular formula is C12H17NO2. The van der Waals surface area contributed by atoms with Crippen LogP contribution in [0.4, 0.5) is 0 Å². The lowest BCUT2D eigenvalue weighted by Crippen LogP contribution is -2.24. The van der Waals surface area contributed by atoms with Gasteiger partial charge in [0.25, 0.3) is 0 Å². The molecule has 1 rings (SSSR count). The lowest BCUT2D eigenvalue weighted by Gasteiger charge is -2.09. The van der Waals surface area contributed by atoms with E-state index in [1.165, 1.54) is 5.56 Å². The molecule has 1 aromatic carbocycles. The van der Waals surface area contributed by atoms with Gasteiger partial charge in [-0.2, -0.15) is 0 Å². The molecular weight excluding hydrogens is 190 g/mol. The maximum Gasteiger partial charge on any atom is 0.320 e. The van der Waals surface area contributed by atoms with Crippen LogP contribution >= 0.6 is 0 Å². The quantitative estimate of drug-likeness (QED) is 0.682. The number of rotatable bonds is 5. The summed E-state index contributed by atoms with van der Waals surface area (Å²) in [6.45, 7) is 0.797. The van der Waals surface area contributed by atoms with Crippen molar-refractivity contribution >= 4 is 5.97 Å². The van der Waals surface area contributed by atoms with Gasteiger partial charge in [0.1, 0.15) is 0 Å². The van der Waals surface area contributed by atoms with Crippen molar-refractivity contribution in [2.75, 3.05) is 27.2 Å². The highest BCUT2D eigenvalue weighted by Gasteiger charge is 2.03. The Bertz CT molecular complexity index is 296. The number of nitrogens with zero attached hydrogens (tertiary/aromatic N) is 1. The van der Waals surface area contributed by atoms with Crippen LogP contribution in [0.1, 0.15) is 5.56 Å². The Hall–Kier alpha value is -1.35. The van der Waals surface area contributed by atoms with Gasteiger partial charge in [-0.15, -0.1) is 0 Å². The minimum absolute atomic E-state index is 0.170. The second kappa shape index (κ2) is 6.19. The first-order valence-electron chi connectivity index (χ1n) is 5.03. The molecule has 0 heterocycles. The molecule has 0 spiro atoms. The first-order valence-corrected chi connectivity index (χ1v) is 5.03. The molecule has 0 radical (unpaired) electrons. The van der Waals surface area contributed by atoms with Crippen molar-refractivity contribution in [3.63, 3.8) is 0 Å². The molecule has 3 heteroatoms. The molecule has 0 atom stereocenters. The molecule has 0 unspecified atom stereocenters. The van der Waals surface area contributed by atoms with Gasteiger partial charge >= 0.3 is 5.97 Å². The summed E-state index contributed by atoms with van der Waals surface area (Å²) < 4.78 is 5.08. The van der Waals surface area contributed by atoms with E-state index >= 15 is 0 Å². The monoisotopic (exact) mass is 207 g/mol. The van der Waals surface area contributed by atoms with Crippen molar-refractivity contribution < 1.29 is 9.53 Å². The summed E-state index contributed by atoms with van der Waals surface area (Å²) in [5.41, 5.74) is 1.19. The molecule has 0 amide bonds. The molecule has 1 aromatic rings. The first-order chi connectivity index (χ1) is 7.18. The zero-order valence-corrected chi connectivity index (χ0v) is 9.27. The highest BCUT2D eigenvalue weighted by atomic mass is 16.5. The zero-order valence-electron chi connectivity index (χ0n) is 9.27. The highest BCUT2D eigenvalue weighted by Crippen LogP contribution is 1.99. The molecule has 0 aliphatic rings. The summed E-state index contributed by atoms with van der Waals surface area (Å²) in [4.78, 5) is 13.0. The van der Waals surface area contributed by atoms with Gasteiger partial charge in [-0.05, 0) is 19.7 Å². The summed E-state index contributed by atoms with van der Waals surface area (Å²) >= 11 is 0. The Morgan fingerprint density at radius 2 is 1.93 bits per heavy atom. The molecule has 0 fully saturated rings. The molecule has 0 saturated carbocycles. The minimum atomic E-state index is -0.170. The fourth-order valence-corrected chi connectivity index (χ4v) is 1.23. The average molecular weight is 207 g/mol. The van der Waals surface area contributed by atoms with Gasteiger partial charge in [-0.1, -0.05) is 30.3 Å². The molecule has 0 aromatic heterocycles. The van der Waals surface area contributed by atoms with E-state index in [2.05, 4.69) is 0 Å². The minimum Gasteiger partial charge on any atom is -0.464 e. The van der Waals surface area contributed by atoms with E-state index in [-0.39, 0.29) is 5.97 Å². The van der Waals surface area contributed by atoms with Crippen molar-refractivity contribution in [1.82, 2.24) is 4.90 Å². The van der Waals surface area contributed by atoms with Crippen LogP contribution in [0.3, 0.4) is 0 Å². The van der Waals surface area contributed by atoms with Crippen LogP contribution in [0.15, 0.2) is 30.3 Å². The van der Waals surface area contributed by atoms with Crippen molar-refractivity contribution in [2.24, 2.45) is 0 Å². The predicted molar refractivity (Wildman–Crippen MR) is 59.7 cm³/mol. The van der Waals surface area contributed by atoms with Gasteiger partial charge in [0.05, 0.1) is 13.2 Å². The standard InChI is InChI=1S/C12H17NO2/c1-13(2)10-12(14)15-9-8-11-6-4-3-5-7-11/h3-7H,8-10H2,1-2H3. The van der Waals surface area contributed by atoms with Gasteiger partial charge in [0.15, 0.2) is 0 Å². The second-order valence-corrected chi connectivity index (χ2v) is 3.69. The summed E-state index contributed by atoms with van der Waals surface area (Å²) in [6.07, 6.45) is 0.778. The van der Waals surface area contributed by atoms with E-state index in [9.17, 15) is 4.79 Å². The Labute approximate surface area is 90.7 Å². The third kappa shape index (κ3) is 5.18. The van der Waals surface area contributed by atoms with Crippen molar-refractivity contribution in [1.29, 1.82) is 0 Å². The molecule has 0 aliphatic heterocycles. The zero-order chi connectivity index (χ0) is 11.1. The molecule has 0 bridgehead atoms. The lowest BCUT2D eigenvalue weighted by atomic mass is 10.2. The smallest absolute Gasteiger partial charge is 0.320 e. The summed E-state index contributed by atoms with van der Waals surface area (Å²) in [5, 5.41) is 0. The van der Waals surface area contributed by atoms with E-state index in [0.29, 0.717) is 13.2 Å². The number of carbonyl (C=O) groups is 1. The van der Waals surface area contributed by atoms with Crippen LogP contribution in [-0.2, 0) is 16.0 Å². The van der Waals surface area contributed by atoms with Crippen LogP contribution in [-0.4, -0.2) is 38.1 Å². The normalized spacial score (nSPS) is 10.3. The van der Waals surface area contributed by atoms with Crippen LogP contribution < -0.4 is 0 Å². The van der Waals surface area contributed by atoms with Gasteiger partial charge in [0, 0.05) is 6.42 Å². The lowest BCUT2D eigenvalue weighted by molar-refractivity contribution is -0.144. The second-order valence-electron chi connectivity index (χ2n) is 3.69. The van der Waals surface area contributed by atoms with Gasteiger partial charge in [0.2, 0.25) is 0 Å². The number of esters is 1. The van der Waals surface area contributed by atoms with Crippen LogP contribution in [0.5, 0.6) is 0 Å². The van der Waals surface area contributed by atoms with Crippen molar-refractivity contribution in [3.05, 3.63) is 35.9 Å².